The van der Waals surface area contributed by atoms with Crippen LogP contribution in [-0.4, -0.2) is 39.0 Å². The van der Waals surface area contributed by atoms with Crippen LogP contribution in [0.4, 0.5) is 10.1 Å². The summed E-state index contributed by atoms with van der Waals surface area (Å²) in [4.78, 5) is -0.397. The molecule has 0 atom stereocenters. The molecule has 19 heavy (non-hydrogen) atoms. The maximum Gasteiger partial charge on any atom is 0.246 e. The van der Waals surface area contributed by atoms with E-state index < -0.39 is 20.7 Å². The lowest BCUT2D eigenvalue weighted by molar-refractivity contribution is 0.135. The van der Waals surface area contributed by atoms with Gasteiger partial charge in [0.1, 0.15) is 10.7 Å². The largest absolute Gasteiger partial charge is 0.399 e. The summed E-state index contributed by atoms with van der Waals surface area (Å²) in [6, 6.07) is 3.51. The first-order chi connectivity index (χ1) is 8.93. The molecule has 0 saturated carbocycles. The van der Waals surface area contributed by atoms with E-state index in [2.05, 4.69) is 0 Å². The average molecular weight is 290 g/mol. The lowest BCUT2D eigenvalue weighted by atomic mass is 10.3. The number of anilines is 1. The standard InChI is InChI=1S/C12H19FN2O3S/c1-3-15(7-8-18-4-2)19(16,17)12-9-10(14)5-6-11(12)13/h5-6,9H,3-4,7-8,14H2,1-2H3. The summed E-state index contributed by atoms with van der Waals surface area (Å²) in [5, 5.41) is 0. The fraction of sp³-hybridized carbons (Fsp3) is 0.500. The molecule has 0 aliphatic carbocycles. The number of nitrogens with two attached hydrogens (primary N) is 1. The fourth-order valence-electron chi connectivity index (χ4n) is 1.62. The van der Waals surface area contributed by atoms with Crippen molar-refractivity contribution in [1.82, 2.24) is 4.31 Å². The molecule has 0 spiro atoms. The second-order valence-corrected chi connectivity index (χ2v) is 5.79. The quantitative estimate of drug-likeness (QED) is 0.609. The summed E-state index contributed by atoms with van der Waals surface area (Å²) in [5.74, 6) is -0.802. The Hall–Kier alpha value is -1.18. The fourth-order valence-corrected chi connectivity index (χ4v) is 3.15. The Labute approximate surface area is 113 Å². The zero-order valence-corrected chi connectivity index (χ0v) is 11.9. The molecule has 0 radical (unpaired) electrons. The zero-order valence-electron chi connectivity index (χ0n) is 11.1. The van der Waals surface area contributed by atoms with E-state index in [4.69, 9.17) is 10.5 Å². The predicted molar refractivity (Wildman–Crippen MR) is 71.7 cm³/mol. The van der Waals surface area contributed by atoms with Gasteiger partial charge < -0.3 is 10.5 Å². The number of hydrogen-bond donors (Lipinski definition) is 1. The minimum Gasteiger partial charge on any atom is -0.399 e. The number of likely N-dealkylation sites (N-methyl/N-ethyl adjacent to an activating group) is 1. The molecule has 5 nitrogen and oxygen atoms in total. The Morgan fingerprint density at radius 3 is 2.63 bits per heavy atom. The molecule has 2 N–H and O–H groups in total. The third-order valence-corrected chi connectivity index (χ3v) is 4.60. The van der Waals surface area contributed by atoms with Crippen molar-refractivity contribution in [2.45, 2.75) is 18.7 Å². The highest BCUT2D eigenvalue weighted by Gasteiger charge is 2.26. The molecular formula is C12H19FN2O3S. The molecule has 0 amide bonds. The van der Waals surface area contributed by atoms with Gasteiger partial charge in [0.2, 0.25) is 10.0 Å². The van der Waals surface area contributed by atoms with Gasteiger partial charge in [0.25, 0.3) is 0 Å². The van der Waals surface area contributed by atoms with E-state index in [9.17, 15) is 12.8 Å². The minimum atomic E-state index is -3.89. The normalized spacial score (nSPS) is 12.0. The SMILES string of the molecule is CCOCCN(CC)S(=O)(=O)c1cc(N)ccc1F. The Bertz CT molecular complexity index is 520. The zero-order chi connectivity index (χ0) is 14.5. The molecule has 0 unspecified atom stereocenters. The van der Waals surface area contributed by atoms with Crippen molar-refractivity contribution in [2.75, 3.05) is 32.0 Å². The van der Waals surface area contributed by atoms with Crippen molar-refractivity contribution < 1.29 is 17.5 Å². The monoisotopic (exact) mass is 290 g/mol. The lowest BCUT2D eigenvalue weighted by Crippen LogP contribution is -2.34. The molecule has 1 aromatic carbocycles. The highest BCUT2D eigenvalue weighted by Crippen LogP contribution is 2.21. The van der Waals surface area contributed by atoms with Crippen LogP contribution in [0.1, 0.15) is 13.8 Å². The Balaban J connectivity index is 3.03. The summed E-state index contributed by atoms with van der Waals surface area (Å²) in [5.41, 5.74) is 5.72. The molecule has 0 aliphatic rings. The summed E-state index contributed by atoms with van der Waals surface area (Å²) in [6.07, 6.45) is 0. The molecule has 108 valence electrons. The second kappa shape index (κ2) is 6.83. The van der Waals surface area contributed by atoms with E-state index in [0.717, 1.165) is 12.1 Å². The van der Waals surface area contributed by atoms with Crippen LogP contribution in [0.25, 0.3) is 0 Å². The molecule has 1 aromatic rings. The van der Waals surface area contributed by atoms with E-state index >= 15 is 0 Å². The number of rotatable bonds is 7. The number of ether oxygens (including phenoxy) is 1. The van der Waals surface area contributed by atoms with E-state index in [1.54, 1.807) is 6.92 Å². The van der Waals surface area contributed by atoms with Gasteiger partial charge in [-0.25, -0.2) is 12.8 Å². The summed E-state index contributed by atoms with van der Waals surface area (Å²) in [7, 11) is -3.89. The lowest BCUT2D eigenvalue weighted by Gasteiger charge is -2.20. The van der Waals surface area contributed by atoms with Crippen molar-refractivity contribution in [1.29, 1.82) is 0 Å². The number of sulfonamides is 1. The van der Waals surface area contributed by atoms with Gasteiger partial charge in [-0.15, -0.1) is 0 Å². The van der Waals surface area contributed by atoms with Gasteiger partial charge in [0.15, 0.2) is 0 Å². The van der Waals surface area contributed by atoms with Crippen molar-refractivity contribution in [3.8, 4) is 0 Å². The summed E-state index contributed by atoms with van der Waals surface area (Å²) >= 11 is 0. The van der Waals surface area contributed by atoms with Gasteiger partial charge in [-0.3, -0.25) is 0 Å². The van der Waals surface area contributed by atoms with Crippen LogP contribution in [-0.2, 0) is 14.8 Å². The van der Waals surface area contributed by atoms with Gasteiger partial charge in [0.05, 0.1) is 6.61 Å². The van der Waals surface area contributed by atoms with Crippen LogP contribution >= 0.6 is 0 Å². The molecule has 0 bridgehead atoms. The van der Waals surface area contributed by atoms with Gasteiger partial charge in [0, 0.05) is 25.4 Å². The molecule has 1 rings (SSSR count). The molecule has 0 aromatic heterocycles. The van der Waals surface area contributed by atoms with Crippen molar-refractivity contribution in [2.24, 2.45) is 0 Å². The second-order valence-electron chi connectivity index (χ2n) is 3.88. The maximum atomic E-state index is 13.7. The van der Waals surface area contributed by atoms with Gasteiger partial charge >= 0.3 is 0 Å². The number of nitrogens with zero attached hydrogens (tertiary/aromatic N) is 1. The number of halogens is 1. The first-order valence-electron chi connectivity index (χ1n) is 6.06. The van der Waals surface area contributed by atoms with Crippen LogP contribution in [0.2, 0.25) is 0 Å². The van der Waals surface area contributed by atoms with Gasteiger partial charge in [-0.2, -0.15) is 4.31 Å². The first-order valence-corrected chi connectivity index (χ1v) is 7.50. The maximum absolute atomic E-state index is 13.7. The third kappa shape index (κ3) is 3.89. The van der Waals surface area contributed by atoms with Crippen molar-refractivity contribution in [3.05, 3.63) is 24.0 Å². The summed E-state index contributed by atoms with van der Waals surface area (Å²) in [6.45, 7) is 4.71. The molecule has 0 saturated heterocycles. The number of hydrogen-bond acceptors (Lipinski definition) is 4. The topological polar surface area (TPSA) is 72.6 Å². The molecule has 7 heteroatoms. The number of nitrogen functional groups attached to an aromatic ring is 1. The van der Waals surface area contributed by atoms with Crippen LogP contribution in [0.15, 0.2) is 23.1 Å². The predicted octanol–water partition coefficient (Wildman–Crippen LogP) is 1.45. The smallest absolute Gasteiger partial charge is 0.246 e. The molecule has 0 heterocycles. The Morgan fingerprint density at radius 1 is 1.37 bits per heavy atom. The van der Waals surface area contributed by atoms with Crippen LogP contribution in [0.3, 0.4) is 0 Å². The van der Waals surface area contributed by atoms with E-state index in [-0.39, 0.29) is 25.4 Å². The van der Waals surface area contributed by atoms with Crippen LogP contribution < -0.4 is 5.73 Å². The molecular weight excluding hydrogens is 271 g/mol. The highest BCUT2D eigenvalue weighted by atomic mass is 32.2. The van der Waals surface area contributed by atoms with Crippen molar-refractivity contribution in [3.63, 3.8) is 0 Å². The van der Waals surface area contributed by atoms with Crippen molar-refractivity contribution >= 4 is 15.7 Å². The Morgan fingerprint density at radius 2 is 2.05 bits per heavy atom. The third-order valence-electron chi connectivity index (χ3n) is 2.61. The first kappa shape index (κ1) is 15.9. The van der Waals surface area contributed by atoms with Gasteiger partial charge in [-0.1, -0.05) is 6.92 Å². The minimum absolute atomic E-state index is 0.181. The summed E-state index contributed by atoms with van der Waals surface area (Å²) < 4.78 is 44.6. The molecule has 0 fully saturated rings. The molecule has 0 aliphatic heterocycles. The van der Waals surface area contributed by atoms with Gasteiger partial charge in [-0.05, 0) is 25.1 Å². The highest BCUT2D eigenvalue weighted by molar-refractivity contribution is 7.89. The van der Waals surface area contributed by atoms with Crippen LogP contribution in [0.5, 0.6) is 0 Å². The van der Waals surface area contributed by atoms with E-state index in [1.807, 2.05) is 6.92 Å². The Kier molecular flexibility index (Phi) is 5.71. The van der Waals surface area contributed by atoms with E-state index in [1.165, 1.54) is 10.4 Å². The van der Waals surface area contributed by atoms with E-state index in [0.29, 0.717) is 6.61 Å². The van der Waals surface area contributed by atoms with Crippen LogP contribution in [0, 0.1) is 5.82 Å². The average Bonchev–Trinajstić information content (AvgIpc) is 2.37. The number of benzene rings is 1.